The molecule has 1 aliphatic rings. The van der Waals surface area contributed by atoms with Crippen LogP contribution >= 0.6 is 0 Å². The van der Waals surface area contributed by atoms with E-state index in [1.165, 1.54) is 0 Å². The summed E-state index contributed by atoms with van der Waals surface area (Å²) in [6, 6.07) is 7.49. The van der Waals surface area contributed by atoms with Crippen molar-refractivity contribution < 1.29 is 14.6 Å². The van der Waals surface area contributed by atoms with Gasteiger partial charge in [-0.1, -0.05) is 26.0 Å². The fraction of sp³-hybridized carbons (Fsp3) is 0.533. The number of hydrogen-bond acceptors (Lipinski definition) is 3. The van der Waals surface area contributed by atoms with E-state index in [2.05, 4.69) is 0 Å². The molecule has 0 aromatic heterocycles. The monoisotopic (exact) mass is 263 g/mol. The van der Waals surface area contributed by atoms with Crippen molar-refractivity contribution in [3.8, 4) is 5.75 Å². The van der Waals surface area contributed by atoms with Crippen molar-refractivity contribution in [1.82, 2.24) is 4.90 Å². The highest BCUT2D eigenvalue weighted by atomic mass is 16.5. The summed E-state index contributed by atoms with van der Waals surface area (Å²) in [5.41, 5.74) is 0.265. The van der Waals surface area contributed by atoms with Gasteiger partial charge in [-0.15, -0.1) is 0 Å². The van der Waals surface area contributed by atoms with Crippen LogP contribution in [0.1, 0.15) is 19.4 Å². The first-order valence-corrected chi connectivity index (χ1v) is 6.58. The normalized spacial score (nSPS) is 17.2. The summed E-state index contributed by atoms with van der Waals surface area (Å²) < 4.78 is 5.08. The average Bonchev–Trinajstić information content (AvgIpc) is 2.35. The van der Waals surface area contributed by atoms with Crippen molar-refractivity contribution in [2.45, 2.75) is 25.9 Å². The third-order valence-corrected chi connectivity index (χ3v) is 3.87. The van der Waals surface area contributed by atoms with Gasteiger partial charge in [0.25, 0.3) is 0 Å². The standard InChI is InChI=1S/C15H21NO3/c1-11(2)15(18)9-16(10-15)14(17)8-12-4-6-13(19-3)7-5-12/h4-7,11,18H,8-10H2,1-3H3. The Morgan fingerprint density at radius 2 is 1.95 bits per heavy atom. The molecule has 1 aromatic carbocycles. The van der Waals surface area contributed by atoms with E-state index in [0.717, 1.165) is 11.3 Å². The Hall–Kier alpha value is -1.55. The first-order chi connectivity index (χ1) is 8.94. The Kier molecular flexibility index (Phi) is 3.80. The average molecular weight is 263 g/mol. The number of amides is 1. The van der Waals surface area contributed by atoms with Crippen molar-refractivity contribution in [3.63, 3.8) is 0 Å². The molecule has 1 N–H and O–H groups in total. The largest absolute Gasteiger partial charge is 0.497 e. The van der Waals surface area contributed by atoms with Gasteiger partial charge in [0.1, 0.15) is 11.4 Å². The molecule has 1 saturated heterocycles. The van der Waals surface area contributed by atoms with Gasteiger partial charge in [-0.3, -0.25) is 4.79 Å². The molecule has 104 valence electrons. The van der Waals surface area contributed by atoms with Crippen LogP contribution in [0.15, 0.2) is 24.3 Å². The zero-order valence-corrected chi connectivity index (χ0v) is 11.7. The summed E-state index contributed by atoms with van der Waals surface area (Å²) in [5.74, 6) is 1.03. The van der Waals surface area contributed by atoms with Crippen LogP contribution in [0.2, 0.25) is 0 Å². The molecule has 0 saturated carbocycles. The summed E-state index contributed by atoms with van der Waals surface area (Å²) in [7, 11) is 1.62. The predicted molar refractivity (Wildman–Crippen MR) is 73.1 cm³/mol. The molecule has 0 spiro atoms. The Labute approximate surface area is 114 Å². The lowest BCUT2D eigenvalue weighted by Crippen LogP contribution is -2.66. The number of rotatable bonds is 4. The van der Waals surface area contributed by atoms with E-state index in [9.17, 15) is 9.90 Å². The van der Waals surface area contributed by atoms with E-state index in [1.54, 1.807) is 12.0 Å². The number of carbonyl (C=O) groups excluding carboxylic acids is 1. The molecular weight excluding hydrogens is 242 g/mol. The Morgan fingerprint density at radius 1 is 1.37 bits per heavy atom. The van der Waals surface area contributed by atoms with E-state index in [0.29, 0.717) is 19.5 Å². The van der Waals surface area contributed by atoms with E-state index in [-0.39, 0.29) is 11.8 Å². The molecule has 2 rings (SSSR count). The maximum atomic E-state index is 12.0. The molecule has 1 aromatic rings. The Bertz CT molecular complexity index is 447. The van der Waals surface area contributed by atoms with Gasteiger partial charge in [-0.25, -0.2) is 0 Å². The molecule has 1 amide bonds. The minimum absolute atomic E-state index is 0.0653. The molecule has 0 aliphatic carbocycles. The number of β-amino-alcohol motifs (C(OH)–C–C–N with tert-alkyl or cyclic N) is 1. The molecule has 0 unspecified atom stereocenters. The third-order valence-electron chi connectivity index (χ3n) is 3.87. The number of aliphatic hydroxyl groups is 1. The predicted octanol–water partition coefficient (Wildman–Crippen LogP) is 1.47. The zero-order valence-electron chi connectivity index (χ0n) is 11.7. The molecule has 1 fully saturated rings. The molecule has 1 aliphatic heterocycles. The number of hydrogen-bond donors (Lipinski definition) is 1. The molecule has 0 bridgehead atoms. The quantitative estimate of drug-likeness (QED) is 0.895. The van der Waals surface area contributed by atoms with Crippen molar-refractivity contribution in [1.29, 1.82) is 0 Å². The van der Waals surface area contributed by atoms with Crippen LogP contribution in [0.25, 0.3) is 0 Å². The van der Waals surface area contributed by atoms with E-state index >= 15 is 0 Å². The summed E-state index contributed by atoms with van der Waals surface area (Å²) in [4.78, 5) is 13.8. The van der Waals surface area contributed by atoms with Crippen LogP contribution in [0.5, 0.6) is 5.75 Å². The van der Waals surface area contributed by atoms with Gasteiger partial charge in [0.2, 0.25) is 5.91 Å². The summed E-state index contributed by atoms with van der Waals surface area (Å²) in [6.07, 6.45) is 0.373. The second-order valence-corrected chi connectivity index (χ2v) is 5.53. The fourth-order valence-electron chi connectivity index (χ4n) is 2.19. The van der Waals surface area contributed by atoms with Gasteiger partial charge >= 0.3 is 0 Å². The number of benzene rings is 1. The van der Waals surface area contributed by atoms with Crippen molar-refractivity contribution >= 4 is 5.91 Å². The van der Waals surface area contributed by atoms with Crippen LogP contribution in [0, 0.1) is 5.92 Å². The Morgan fingerprint density at radius 3 is 2.42 bits per heavy atom. The van der Waals surface area contributed by atoms with E-state index in [1.807, 2.05) is 38.1 Å². The van der Waals surface area contributed by atoms with Crippen LogP contribution in [-0.4, -0.2) is 41.7 Å². The van der Waals surface area contributed by atoms with Crippen molar-refractivity contribution in [2.75, 3.05) is 20.2 Å². The second kappa shape index (κ2) is 5.21. The minimum Gasteiger partial charge on any atom is -0.497 e. The highest BCUT2D eigenvalue weighted by Crippen LogP contribution is 2.29. The minimum atomic E-state index is -0.699. The molecule has 4 nitrogen and oxygen atoms in total. The van der Waals surface area contributed by atoms with Crippen molar-refractivity contribution in [2.24, 2.45) is 5.92 Å². The van der Waals surface area contributed by atoms with Crippen LogP contribution in [-0.2, 0) is 11.2 Å². The van der Waals surface area contributed by atoms with Crippen molar-refractivity contribution in [3.05, 3.63) is 29.8 Å². The van der Waals surface area contributed by atoms with Gasteiger partial charge in [0.15, 0.2) is 0 Å². The fourth-order valence-corrected chi connectivity index (χ4v) is 2.19. The van der Waals surface area contributed by atoms with Crippen LogP contribution < -0.4 is 4.74 Å². The molecular formula is C15H21NO3. The molecule has 0 radical (unpaired) electrons. The van der Waals surface area contributed by atoms with Gasteiger partial charge in [-0.2, -0.15) is 0 Å². The Balaban J connectivity index is 1.89. The van der Waals surface area contributed by atoms with Gasteiger partial charge < -0.3 is 14.7 Å². The number of nitrogens with zero attached hydrogens (tertiary/aromatic N) is 1. The zero-order chi connectivity index (χ0) is 14.0. The molecule has 19 heavy (non-hydrogen) atoms. The molecule has 4 heteroatoms. The molecule has 1 heterocycles. The topological polar surface area (TPSA) is 49.8 Å². The van der Waals surface area contributed by atoms with Gasteiger partial charge in [0.05, 0.1) is 26.6 Å². The number of methoxy groups -OCH3 is 1. The third kappa shape index (κ3) is 2.89. The first kappa shape index (κ1) is 13.9. The van der Waals surface area contributed by atoms with Gasteiger partial charge in [-0.05, 0) is 23.6 Å². The van der Waals surface area contributed by atoms with E-state index < -0.39 is 5.60 Å². The van der Waals surface area contributed by atoms with E-state index in [4.69, 9.17) is 4.74 Å². The summed E-state index contributed by atoms with van der Waals surface area (Å²) in [5, 5.41) is 10.1. The highest BCUT2D eigenvalue weighted by Gasteiger charge is 2.45. The molecule has 0 atom stereocenters. The lowest BCUT2D eigenvalue weighted by molar-refractivity contribution is -0.163. The SMILES string of the molecule is COc1ccc(CC(=O)N2CC(O)(C(C)C)C2)cc1. The number of ether oxygens (including phenoxy) is 1. The first-order valence-electron chi connectivity index (χ1n) is 6.58. The maximum Gasteiger partial charge on any atom is 0.227 e. The lowest BCUT2D eigenvalue weighted by atomic mass is 9.83. The summed E-state index contributed by atoms with van der Waals surface area (Å²) >= 11 is 0. The number of carbonyl (C=O) groups is 1. The number of likely N-dealkylation sites (tertiary alicyclic amines) is 1. The highest BCUT2D eigenvalue weighted by molar-refractivity contribution is 5.80. The maximum absolute atomic E-state index is 12.0. The smallest absolute Gasteiger partial charge is 0.227 e. The van der Waals surface area contributed by atoms with Gasteiger partial charge in [0, 0.05) is 0 Å². The van der Waals surface area contributed by atoms with Crippen LogP contribution in [0.3, 0.4) is 0 Å². The van der Waals surface area contributed by atoms with Crippen LogP contribution in [0.4, 0.5) is 0 Å². The lowest BCUT2D eigenvalue weighted by Gasteiger charge is -2.49. The second-order valence-electron chi connectivity index (χ2n) is 5.53. The summed E-state index contributed by atoms with van der Waals surface area (Å²) in [6.45, 7) is 4.84.